The molecule has 6 heteroatoms. The Bertz CT molecular complexity index is 570. The summed E-state index contributed by atoms with van der Waals surface area (Å²) in [5.41, 5.74) is 8.95. The lowest BCUT2D eigenvalue weighted by Gasteiger charge is -2.03. The summed E-state index contributed by atoms with van der Waals surface area (Å²) < 4.78 is 0. The number of nitrogens with two attached hydrogens (primary N) is 1. The minimum absolute atomic E-state index is 0.0810. The molecule has 0 amide bonds. The zero-order valence-corrected chi connectivity index (χ0v) is 9.52. The quantitative estimate of drug-likeness (QED) is 0.471. The van der Waals surface area contributed by atoms with Gasteiger partial charge < -0.3 is 5.73 Å². The number of anilines is 1. The summed E-state index contributed by atoms with van der Waals surface area (Å²) in [6.45, 7) is 3.72. The molecule has 88 valence electrons. The van der Waals surface area contributed by atoms with E-state index in [-0.39, 0.29) is 11.4 Å². The lowest BCUT2D eigenvalue weighted by Crippen LogP contribution is -1.96. The molecular weight excluding hydrogens is 220 g/mol. The summed E-state index contributed by atoms with van der Waals surface area (Å²) >= 11 is 0. The van der Waals surface area contributed by atoms with Crippen LogP contribution in [0.1, 0.15) is 11.4 Å². The van der Waals surface area contributed by atoms with E-state index in [2.05, 4.69) is 10.2 Å². The van der Waals surface area contributed by atoms with E-state index in [4.69, 9.17) is 5.73 Å². The van der Waals surface area contributed by atoms with E-state index in [0.717, 1.165) is 22.5 Å². The van der Waals surface area contributed by atoms with Crippen LogP contribution in [-0.4, -0.2) is 15.1 Å². The zero-order chi connectivity index (χ0) is 12.6. The molecule has 1 heterocycles. The molecule has 0 unspecified atom stereocenters. The van der Waals surface area contributed by atoms with Gasteiger partial charge in [0.2, 0.25) is 0 Å². The standard InChI is InChI=1S/C11H12N4O2/c1-6-11(7(2)14-13-6)8-3-4-9(12)10(5-8)15(16)17/h3-5H,12H2,1-2H3,(H,13,14). The number of rotatable bonds is 2. The summed E-state index contributed by atoms with van der Waals surface area (Å²) in [6.07, 6.45) is 0. The van der Waals surface area contributed by atoms with Gasteiger partial charge in [0, 0.05) is 17.3 Å². The molecule has 0 bridgehead atoms. The molecule has 3 N–H and O–H groups in total. The van der Waals surface area contributed by atoms with Crippen LogP contribution in [0.25, 0.3) is 11.1 Å². The van der Waals surface area contributed by atoms with Crippen molar-refractivity contribution in [2.45, 2.75) is 13.8 Å². The van der Waals surface area contributed by atoms with Crippen molar-refractivity contribution in [2.75, 3.05) is 5.73 Å². The fourth-order valence-electron chi connectivity index (χ4n) is 1.83. The molecule has 0 saturated carbocycles. The summed E-state index contributed by atoms with van der Waals surface area (Å²) in [6, 6.07) is 4.77. The van der Waals surface area contributed by atoms with Gasteiger partial charge in [-0.1, -0.05) is 6.07 Å². The van der Waals surface area contributed by atoms with E-state index in [0.29, 0.717) is 0 Å². The van der Waals surface area contributed by atoms with Crippen LogP contribution in [0.4, 0.5) is 11.4 Å². The Labute approximate surface area is 97.6 Å². The van der Waals surface area contributed by atoms with Crippen LogP contribution in [-0.2, 0) is 0 Å². The van der Waals surface area contributed by atoms with E-state index in [1.54, 1.807) is 12.1 Å². The molecule has 0 aliphatic heterocycles. The molecule has 0 spiro atoms. The van der Waals surface area contributed by atoms with Gasteiger partial charge in [0.15, 0.2) is 0 Å². The SMILES string of the molecule is Cc1n[nH]c(C)c1-c1ccc(N)c([N+](=O)[O-])c1. The summed E-state index contributed by atoms with van der Waals surface area (Å²) in [7, 11) is 0. The number of aryl methyl sites for hydroxylation is 2. The summed E-state index contributed by atoms with van der Waals surface area (Å²) in [5, 5.41) is 17.7. The summed E-state index contributed by atoms with van der Waals surface area (Å²) in [5.74, 6) is 0. The van der Waals surface area contributed by atoms with Gasteiger partial charge in [0.1, 0.15) is 5.69 Å². The van der Waals surface area contributed by atoms with Gasteiger partial charge in [-0.05, 0) is 25.5 Å². The second-order valence-corrected chi connectivity index (χ2v) is 3.84. The molecule has 17 heavy (non-hydrogen) atoms. The Morgan fingerprint density at radius 2 is 2.12 bits per heavy atom. The summed E-state index contributed by atoms with van der Waals surface area (Å²) in [4.78, 5) is 10.3. The van der Waals surface area contributed by atoms with Crippen molar-refractivity contribution in [3.63, 3.8) is 0 Å². The van der Waals surface area contributed by atoms with Crippen LogP contribution < -0.4 is 5.73 Å². The van der Waals surface area contributed by atoms with Gasteiger partial charge in [-0.3, -0.25) is 15.2 Å². The van der Waals surface area contributed by atoms with Crippen LogP contribution in [0, 0.1) is 24.0 Å². The second-order valence-electron chi connectivity index (χ2n) is 3.84. The van der Waals surface area contributed by atoms with Crippen LogP contribution in [0.2, 0.25) is 0 Å². The van der Waals surface area contributed by atoms with Gasteiger partial charge in [-0.25, -0.2) is 0 Å². The van der Waals surface area contributed by atoms with Crippen molar-refractivity contribution in [3.8, 4) is 11.1 Å². The Morgan fingerprint density at radius 3 is 2.65 bits per heavy atom. The Kier molecular flexibility index (Phi) is 2.55. The highest BCUT2D eigenvalue weighted by Crippen LogP contribution is 2.31. The fourth-order valence-corrected chi connectivity index (χ4v) is 1.83. The maximum Gasteiger partial charge on any atom is 0.292 e. The van der Waals surface area contributed by atoms with Crippen LogP contribution >= 0.6 is 0 Å². The molecule has 6 nitrogen and oxygen atoms in total. The Morgan fingerprint density at radius 1 is 1.41 bits per heavy atom. The van der Waals surface area contributed by atoms with Gasteiger partial charge in [-0.15, -0.1) is 0 Å². The fraction of sp³-hybridized carbons (Fsp3) is 0.182. The molecule has 0 radical (unpaired) electrons. The molecular formula is C11H12N4O2. The molecule has 2 aromatic rings. The monoisotopic (exact) mass is 232 g/mol. The third-order valence-corrected chi connectivity index (χ3v) is 2.64. The lowest BCUT2D eigenvalue weighted by molar-refractivity contribution is -0.383. The number of hydrogen-bond acceptors (Lipinski definition) is 4. The first-order valence-electron chi connectivity index (χ1n) is 5.06. The Hall–Kier alpha value is -2.37. The van der Waals surface area contributed by atoms with Crippen molar-refractivity contribution < 1.29 is 4.92 Å². The van der Waals surface area contributed by atoms with Crippen molar-refractivity contribution in [1.29, 1.82) is 0 Å². The molecule has 0 aliphatic carbocycles. The van der Waals surface area contributed by atoms with Crippen molar-refractivity contribution in [2.24, 2.45) is 0 Å². The zero-order valence-electron chi connectivity index (χ0n) is 9.52. The van der Waals surface area contributed by atoms with Gasteiger partial charge >= 0.3 is 0 Å². The predicted octanol–water partition coefficient (Wildman–Crippen LogP) is 2.18. The van der Waals surface area contributed by atoms with Crippen LogP contribution in [0.15, 0.2) is 18.2 Å². The Balaban J connectivity index is 2.62. The first-order valence-corrected chi connectivity index (χ1v) is 5.06. The van der Waals surface area contributed by atoms with E-state index in [9.17, 15) is 10.1 Å². The van der Waals surface area contributed by atoms with Gasteiger partial charge in [-0.2, -0.15) is 5.10 Å². The number of aromatic nitrogens is 2. The lowest BCUT2D eigenvalue weighted by atomic mass is 10.0. The molecule has 1 aromatic carbocycles. The molecule has 0 fully saturated rings. The number of nitro groups is 1. The number of nitrogens with zero attached hydrogens (tertiary/aromatic N) is 2. The number of hydrogen-bond donors (Lipinski definition) is 2. The minimum Gasteiger partial charge on any atom is -0.393 e. The first kappa shape index (κ1) is 11.1. The number of nitrogens with one attached hydrogen (secondary N) is 1. The van der Waals surface area contributed by atoms with E-state index in [1.807, 2.05) is 13.8 Å². The van der Waals surface area contributed by atoms with Crippen molar-refractivity contribution in [3.05, 3.63) is 39.7 Å². The van der Waals surface area contributed by atoms with Gasteiger partial charge in [0.05, 0.1) is 10.6 Å². The third kappa shape index (κ3) is 1.84. The predicted molar refractivity (Wildman–Crippen MR) is 64.6 cm³/mol. The van der Waals surface area contributed by atoms with Crippen LogP contribution in [0.5, 0.6) is 0 Å². The second kappa shape index (κ2) is 3.89. The smallest absolute Gasteiger partial charge is 0.292 e. The van der Waals surface area contributed by atoms with Crippen LogP contribution in [0.3, 0.4) is 0 Å². The largest absolute Gasteiger partial charge is 0.393 e. The highest BCUT2D eigenvalue weighted by Gasteiger charge is 2.16. The normalized spacial score (nSPS) is 10.5. The molecule has 1 aromatic heterocycles. The van der Waals surface area contributed by atoms with E-state index < -0.39 is 4.92 Å². The minimum atomic E-state index is -0.483. The molecule has 0 aliphatic rings. The number of aromatic amines is 1. The van der Waals surface area contributed by atoms with E-state index >= 15 is 0 Å². The van der Waals surface area contributed by atoms with Crippen molar-refractivity contribution in [1.82, 2.24) is 10.2 Å². The average molecular weight is 232 g/mol. The number of benzene rings is 1. The molecule has 0 saturated heterocycles. The maximum atomic E-state index is 10.8. The highest BCUT2D eigenvalue weighted by atomic mass is 16.6. The van der Waals surface area contributed by atoms with E-state index in [1.165, 1.54) is 6.07 Å². The van der Waals surface area contributed by atoms with Crippen molar-refractivity contribution >= 4 is 11.4 Å². The maximum absolute atomic E-state index is 10.8. The topological polar surface area (TPSA) is 97.8 Å². The molecule has 2 rings (SSSR count). The number of nitrogen functional groups attached to an aromatic ring is 1. The number of H-pyrrole nitrogens is 1. The number of nitro benzene ring substituents is 1. The molecule has 0 atom stereocenters. The third-order valence-electron chi connectivity index (χ3n) is 2.64. The first-order chi connectivity index (χ1) is 8.00. The highest BCUT2D eigenvalue weighted by molar-refractivity contribution is 5.74. The average Bonchev–Trinajstić information content (AvgIpc) is 2.59. The van der Waals surface area contributed by atoms with Gasteiger partial charge in [0.25, 0.3) is 5.69 Å².